The molecule has 4 nitrogen and oxygen atoms in total. The van der Waals surface area contributed by atoms with Crippen LogP contribution in [-0.2, 0) is 26.1 Å². The van der Waals surface area contributed by atoms with Gasteiger partial charge in [-0.2, -0.15) is 0 Å². The van der Waals surface area contributed by atoms with Crippen LogP contribution in [0.15, 0.2) is 23.7 Å². The molecule has 0 aliphatic heterocycles. The molecular weight excluding hydrogens is 387 g/mol. The molecule has 0 N–H and O–H groups in total. The van der Waals surface area contributed by atoms with E-state index in [1.807, 2.05) is 83.1 Å². The van der Waals surface area contributed by atoms with Crippen LogP contribution in [0.4, 0.5) is 0 Å². The third-order valence-corrected chi connectivity index (χ3v) is 3.48. The molecule has 5 heteroatoms. The Kier molecular flexibility index (Phi) is 11.9. The summed E-state index contributed by atoms with van der Waals surface area (Å²) in [5.74, 6) is -0.417. The molecule has 0 heterocycles. The molecule has 0 saturated carbocycles. The molecule has 0 rings (SSSR count). The van der Waals surface area contributed by atoms with E-state index in [4.69, 9.17) is 0 Å². The summed E-state index contributed by atoms with van der Waals surface area (Å²) in [6.07, 6.45) is 2.44. The van der Waals surface area contributed by atoms with Gasteiger partial charge in [-0.3, -0.25) is 9.59 Å². The molecule has 0 fully saturated rings. The summed E-state index contributed by atoms with van der Waals surface area (Å²) in [6.45, 7) is 21.7. The Balaban J connectivity index is -0.000000411. The SMILES string of the molecule is CC(C)(C)C(=O)/C=C(\[O-])C(C)(C)C.CC(C)(C)C(=O)/C=C(\[O-])C(C)(C)C.[Ni+2]. The van der Waals surface area contributed by atoms with Crippen molar-refractivity contribution >= 4 is 11.6 Å². The number of allylic oxidation sites excluding steroid dienone is 4. The Morgan fingerprint density at radius 2 is 0.704 bits per heavy atom. The van der Waals surface area contributed by atoms with Crippen LogP contribution in [0.5, 0.6) is 0 Å². The molecule has 0 amide bonds. The summed E-state index contributed by atoms with van der Waals surface area (Å²) in [5, 5.41) is 22.9. The molecule has 27 heavy (non-hydrogen) atoms. The first-order valence-electron chi connectivity index (χ1n) is 8.97. The van der Waals surface area contributed by atoms with E-state index in [-0.39, 0.29) is 39.6 Å². The largest absolute Gasteiger partial charge is 2.00 e. The molecule has 0 saturated heterocycles. The Hall–Kier alpha value is -1.09. The molecule has 0 radical (unpaired) electrons. The van der Waals surface area contributed by atoms with E-state index in [9.17, 15) is 19.8 Å². The fourth-order valence-corrected chi connectivity index (χ4v) is 1.10. The molecular formula is C22H38NiO4. The Labute approximate surface area is 176 Å². The van der Waals surface area contributed by atoms with Gasteiger partial charge in [0.25, 0.3) is 0 Å². The van der Waals surface area contributed by atoms with Gasteiger partial charge in [0.2, 0.25) is 0 Å². The number of carbonyl (C=O) groups excluding carboxylic acids is 2. The summed E-state index contributed by atoms with van der Waals surface area (Å²) in [7, 11) is 0. The number of ketones is 2. The van der Waals surface area contributed by atoms with Gasteiger partial charge in [-0.1, -0.05) is 83.1 Å². The first kappa shape index (κ1) is 30.6. The van der Waals surface area contributed by atoms with Gasteiger partial charge in [-0.25, -0.2) is 0 Å². The molecule has 0 bridgehead atoms. The van der Waals surface area contributed by atoms with Crippen LogP contribution < -0.4 is 10.2 Å². The molecule has 0 aromatic rings. The summed E-state index contributed by atoms with van der Waals surface area (Å²) in [4.78, 5) is 22.9. The third kappa shape index (κ3) is 13.7. The molecule has 0 spiro atoms. The van der Waals surface area contributed by atoms with Crippen LogP contribution in [0.1, 0.15) is 83.1 Å². The summed E-state index contributed by atoms with van der Waals surface area (Å²) < 4.78 is 0. The van der Waals surface area contributed by atoms with E-state index in [1.165, 1.54) is 12.2 Å². The predicted molar refractivity (Wildman–Crippen MR) is 104 cm³/mol. The third-order valence-electron chi connectivity index (χ3n) is 3.48. The first-order valence-corrected chi connectivity index (χ1v) is 8.97. The Morgan fingerprint density at radius 1 is 0.519 bits per heavy atom. The second-order valence-electron chi connectivity index (χ2n) is 10.7. The Morgan fingerprint density at radius 3 is 0.815 bits per heavy atom. The minimum atomic E-state index is -0.457. The van der Waals surface area contributed by atoms with Crippen molar-refractivity contribution in [3.63, 3.8) is 0 Å². The number of rotatable bonds is 2. The standard InChI is InChI=1S/2C11H20O2.Ni/c2*1-10(2,3)8(12)7-9(13)11(4,5)6;/h2*7,12H,1-6H3;/q;;+2/p-2/b2*8-7-;. The molecule has 0 aliphatic carbocycles. The minimum absolute atomic E-state index is 0. The summed E-state index contributed by atoms with van der Waals surface area (Å²) in [6, 6.07) is 0. The maximum atomic E-state index is 11.4. The summed E-state index contributed by atoms with van der Waals surface area (Å²) in [5.41, 5.74) is -1.83. The number of hydrogen-bond acceptors (Lipinski definition) is 4. The number of carbonyl (C=O) groups is 2. The molecule has 0 atom stereocenters. The second kappa shape index (κ2) is 10.5. The molecule has 0 aromatic heterocycles. The smallest absolute Gasteiger partial charge is 0.875 e. The van der Waals surface area contributed by atoms with E-state index in [2.05, 4.69) is 0 Å². The van der Waals surface area contributed by atoms with E-state index in [1.54, 1.807) is 0 Å². The monoisotopic (exact) mass is 424 g/mol. The zero-order chi connectivity index (χ0) is 21.7. The normalized spacial score (nSPS) is 13.9. The zero-order valence-corrected chi connectivity index (χ0v) is 20.1. The van der Waals surface area contributed by atoms with Crippen molar-refractivity contribution in [1.29, 1.82) is 0 Å². The van der Waals surface area contributed by atoms with Crippen molar-refractivity contribution in [2.75, 3.05) is 0 Å². The molecule has 0 aliphatic rings. The topological polar surface area (TPSA) is 80.3 Å². The van der Waals surface area contributed by atoms with E-state index in [0.717, 1.165) is 0 Å². The van der Waals surface area contributed by atoms with Gasteiger partial charge in [0.1, 0.15) is 0 Å². The van der Waals surface area contributed by atoms with Crippen molar-refractivity contribution in [2.24, 2.45) is 21.7 Å². The minimum Gasteiger partial charge on any atom is -0.875 e. The molecule has 160 valence electrons. The van der Waals surface area contributed by atoms with Crippen molar-refractivity contribution in [2.45, 2.75) is 83.1 Å². The quantitative estimate of drug-likeness (QED) is 0.383. The average molecular weight is 425 g/mol. The Bertz CT molecular complexity index is 505. The van der Waals surface area contributed by atoms with Gasteiger partial charge in [-0.15, -0.1) is 11.5 Å². The van der Waals surface area contributed by atoms with Crippen LogP contribution >= 0.6 is 0 Å². The van der Waals surface area contributed by atoms with Crippen LogP contribution in [0.25, 0.3) is 0 Å². The van der Waals surface area contributed by atoms with Crippen molar-refractivity contribution < 1.29 is 36.3 Å². The first-order chi connectivity index (χ1) is 11.1. The maximum absolute atomic E-state index is 11.4. The fraction of sp³-hybridized carbons (Fsp3) is 0.727. The van der Waals surface area contributed by atoms with Crippen LogP contribution in [0.2, 0.25) is 0 Å². The van der Waals surface area contributed by atoms with Crippen molar-refractivity contribution in [1.82, 2.24) is 0 Å². The maximum Gasteiger partial charge on any atom is 2.00 e. The van der Waals surface area contributed by atoms with E-state index >= 15 is 0 Å². The van der Waals surface area contributed by atoms with Gasteiger partial charge in [0.15, 0.2) is 11.6 Å². The van der Waals surface area contributed by atoms with Crippen LogP contribution in [0.3, 0.4) is 0 Å². The van der Waals surface area contributed by atoms with Crippen LogP contribution in [-0.4, -0.2) is 11.6 Å². The van der Waals surface area contributed by atoms with Gasteiger partial charge < -0.3 is 10.2 Å². The van der Waals surface area contributed by atoms with Gasteiger partial charge >= 0.3 is 16.5 Å². The fourth-order valence-electron chi connectivity index (χ4n) is 1.10. The van der Waals surface area contributed by atoms with Gasteiger partial charge in [0, 0.05) is 10.8 Å². The van der Waals surface area contributed by atoms with E-state index < -0.39 is 21.7 Å². The summed E-state index contributed by atoms with van der Waals surface area (Å²) >= 11 is 0. The van der Waals surface area contributed by atoms with Gasteiger partial charge in [-0.05, 0) is 23.0 Å². The number of hydrogen-bond donors (Lipinski definition) is 0. The van der Waals surface area contributed by atoms with Crippen LogP contribution in [0, 0.1) is 21.7 Å². The molecule has 0 aromatic carbocycles. The van der Waals surface area contributed by atoms with Crippen molar-refractivity contribution in [3.05, 3.63) is 23.7 Å². The van der Waals surface area contributed by atoms with Gasteiger partial charge in [0.05, 0.1) is 0 Å². The molecule has 0 unspecified atom stereocenters. The zero-order valence-electron chi connectivity index (χ0n) is 19.1. The van der Waals surface area contributed by atoms with Crippen molar-refractivity contribution in [3.8, 4) is 0 Å². The van der Waals surface area contributed by atoms with E-state index in [0.29, 0.717) is 0 Å². The average Bonchev–Trinajstić information content (AvgIpc) is 2.34. The second-order valence-corrected chi connectivity index (χ2v) is 10.7. The predicted octanol–water partition coefficient (Wildman–Crippen LogP) is 3.78.